The molecule has 136 valence electrons. The number of aryl methyl sites for hydroxylation is 3. The van der Waals surface area contributed by atoms with E-state index < -0.39 is 0 Å². The highest BCUT2D eigenvalue weighted by atomic mass is 32.1. The molecule has 0 aliphatic rings. The van der Waals surface area contributed by atoms with Gasteiger partial charge in [-0.15, -0.1) is 20.4 Å². The maximum atomic E-state index is 12.0. The molecular weight excluding hydrogens is 368 g/mol. The number of nitrogens with two attached hydrogens (primary N) is 1. The number of benzene rings is 1. The van der Waals surface area contributed by atoms with Crippen molar-refractivity contribution >= 4 is 38.8 Å². The van der Waals surface area contributed by atoms with E-state index in [0.717, 1.165) is 41.3 Å². The minimum absolute atomic E-state index is 0.0367. The fourth-order valence-electron chi connectivity index (χ4n) is 2.41. The summed E-state index contributed by atoms with van der Waals surface area (Å²) in [5.41, 5.74) is 6.72. The largest absolute Gasteiger partial charge is 0.374 e. The van der Waals surface area contributed by atoms with Crippen molar-refractivity contribution in [1.82, 2.24) is 20.4 Å². The minimum Gasteiger partial charge on any atom is -0.374 e. The zero-order valence-corrected chi connectivity index (χ0v) is 15.9. The van der Waals surface area contributed by atoms with Crippen molar-refractivity contribution in [2.75, 3.05) is 11.1 Å². The van der Waals surface area contributed by atoms with Gasteiger partial charge in [0.25, 0.3) is 0 Å². The number of hydrogen-bond donors (Lipinski definition) is 2. The van der Waals surface area contributed by atoms with Gasteiger partial charge in [0.1, 0.15) is 10.0 Å². The molecule has 3 aromatic rings. The van der Waals surface area contributed by atoms with Gasteiger partial charge in [0, 0.05) is 19.3 Å². The van der Waals surface area contributed by atoms with Crippen LogP contribution in [0.5, 0.6) is 0 Å². The molecule has 9 heteroatoms. The van der Waals surface area contributed by atoms with Crippen LogP contribution in [-0.4, -0.2) is 26.3 Å². The Kier molecular flexibility index (Phi) is 6.62. The number of carbonyl (C=O) groups excluding carboxylic acids is 1. The lowest BCUT2D eigenvalue weighted by Crippen LogP contribution is -2.12. The van der Waals surface area contributed by atoms with Crippen LogP contribution in [0.4, 0.5) is 10.3 Å². The van der Waals surface area contributed by atoms with Crippen LogP contribution >= 0.6 is 22.7 Å². The Balaban J connectivity index is 1.36. The summed E-state index contributed by atoms with van der Waals surface area (Å²) in [7, 11) is 0. The van der Waals surface area contributed by atoms with Crippen molar-refractivity contribution in [3.8, 4) is 0 Å². The summed E-state index contributed by atoms with van der Waals surface area (Å²) in [5.74, 6) is -0.0367. The molecular formula is C17H20N6OS2. The highest BCUT2D eigenvalue weighted by Crippen LogP contribution is 2.19. The summed E-state index contributed by atoms with van der Waals surface area (Å²) in [6.07, 6.45) is 4.84. The van der Waals surface area contributed by atoms with Gasteiger partial charge in [-0.1, -0.05) is 53.0 Å². The maximum absolute atomic E-state index is 12.0. The number of carbonyl (C=O) groups is 1. The van der Waals surface area contributed by atoms with Crippen molar-refractivity contribution in [3.63, 3.8) is 0 Å². The molecule has 0 fully saturated rings. The van der Waals surface area contributed by atoms with E-state index in [1.165, 1.54) is 22.7 Å². The first kappa shape index (κ1) is 18.4. The Bertz CT molecular complexity index is 833. The summed E-state index contributed by atoms with van der Waals surface area (Å²) in [6, 6.07) is 9.96. The van der Waals surface area contributed by atoms with Gasteiger partial charge in [-0.2, -0.15) is 0 Å². The lowest BCUT2D eigenvalue weighted by molar-refractivity contribution is -0.116. The van der Waals surface area contributed by atoms with Crippen molar-refractivity contribution in [3.05, 3.63) is 45.9 Å². The van der Waals surface area contributed by atoms with E-state index in [4.69, 9.17) is 5.73 Å². The molecule has 0 spiro atoms. The van der Waals surface area contributed by atoms with Crippen LogP contribution in [0.2, 0.25) is 0 Å². The molecule has 0 radical (unpaired) electrons. The molecule has 0 aliphatic carbocycles. The van der Waals surface area contributed by atoms with Crippen LogP contribution in [0.1, 0.15) is 34.8 Å². The first-order valence-corrected chi connectivity index (χ1v) is 10.1. The van der Waals surface area contributed by atoms with E-state index in [-0.39, 0.29) is 5.91 Å². The highest BCUT2D eigenvalue weighted by Gasteiger charge is 2.09. The van der Waals surface area contributed by atoms with Gasteiger partial charge in [0.2, 0.25) is 16.2 Å². The Morgan fingerprint density at radius 1 is 0.923 bits per heavy atom. The predicted octanol–water partition coefficient (Wildman–Crippen LogP) is 3.11. The molecule has 0 saturated carbocycles. The van der Waals surface area contributed by atoms with E-state index in [0.29, 0.717) is 23.1 Å². The lowest BCUT2D eigenvalue weighted by Gasteiger charge is -2.01. The molecule has 7 nitrogen and oxygen atoms in total. The van der Waals surface area contributed by atoms with Crippen LogP contribution in [0, 0.1) is 0 Å². The molecule has 1 aromatic carbocycles. The maximum Gasteiger partial charge on any atom is 0.226 e. The van der Waals surface area contributed by atoms with Gasteiger partial charge in [-0.25, -0.2) is 0 Å². The number of rotatable bonds is 9. The number of unbranched alkanes of at least 4 members (excludes halogenated alkanes) is 1. The number of nitrogens with zero attached hydrogens (tertiary/aromatic N) is 4. The van der Waals surface area contributed by atoms with Crippen LogP contribution < -0.4 is 11.1 Å². The number of aromatic nitrogens is 4. The summed E-state index contributed by atoms with van der Waals surface area (Å²) in [6.45, 7) is 0. The molecule has 0 unspecified atom stereocenters. The lowest BCUT2D eigenvalue weighted by atomic mass is 10.1. The van der Waals surface area contributed by atoms with Crippen LogP contribution in [0.3, 0.4) is 0 Å². The van der Waals surface area contributed by atoms with E-state index >= 15 is 0 Å². The van der Waals surface area contributed by atoms with E-state index in [9.17, 15) is 4.79 Å². The number of hydrogen-bond acceptors (Lipinski definition) is 8. The smallest absolute Gasteiger partial charge is 0.226 e. The average molecular weight is 389 g/mol. The molecule has 3 N–H and O–H groups in total. The monoisotopic (exact) mass is 388 g/mol. The first-order chi connectivity index (χ1) is 12.7. The SMILES string of the molecule is Nc1nnc(CCCCc2nnc(NC(=O)CCc3ccccc3)s2)s1. The van der Waals surface area contributed by atoms with Crippen LogP contribution in [0.15, 0.2) is 30.3 Å². The normalized spacial score (nSPS) is 10.8. The second-order valence-corrected chi connectivity index (χ2v) is 7.93. The van der Waals surface area contributed by atoms with Crippen molar-refractivity contribution in [2.24, 2.45) is 0 Å². The van der Waals surface area contributed by atoms with Crippen molar-refractivity contribution < 1.29 is 4.79 Å². The molecule has 3 rings (SSSR count). The van der Waals surface area contributed by atoms with Crippen molar-refractivity contribution in [2.45, 2.75) is 38.5 Å². The van der Waals surface area contributed by atoms with Gasteiger partial charge in [-0.05, 0) is 24.8 Å². The minimum atomic E-state index is -0.0367. The second-order valence-electron chi connectivity index (χ2n) is 5.78. The van der Waals surface area contributed by atoms with E-state index in [1.54, 1.807) is 0 Å². The van der Waals surface area contributed by atoms with Gasteiger partial charge >= 0.3 is 0 Å². The Morgan fingerprint density at radius 2 is 1.62 bits per heavy atom. The molecule has 0 bridgehead atoms. The summed E-state index contributed by atoms with van der Waals surface area (Å²) in [4.78, 5) is 12.0. The quantitative estimate of drug-likeness (QED) is 0.546. The third-order valence-electron chi connectivity index (χ3n) is 3.71. The summed E-state index contributed by atoms with van der Waals surface area (Å²) < 4.78 is 0. The molecule has 2 heterocycles. The summed E-state index contributed by atoms with van der Waals surface area (Å²) >= 11 is 2.86. The third kappa shape index (κ3) is 5.85. The summed E-state index contributed by atoms with van der Waals surface area (Å²) in [5, 5.41) is 21.8. The number of anilines is 2. The van der Waals surface area contributed by atoms with E-state index in [2.05, 4.69) is 25.7 Å². The Morgan fingerprint density at radius 3 is 2.31 bits per heavy atom. The first-order valence-electron chi connectivity index (χ1n) is 8.43. The van der Waals surface area contributed by atoms with Crippen molar-refractivity contribution in [1.29, 1.82) is 0 Å². The second kappa shape index (κ2) is 9.35. The van der Waals surface area contributed by atoms with Gasteiger partial charge in [0.15, 0.2) is 0 Å². The molecule has 2 aromatic heterocycles. The Hall–Kier alpha value is -2.39. The van der Waals surface area contributed by atoms with Crippen LogP contribution in [0.25, 0.3) is 0 Å². The fourth-order valence-corrected chi connectivity index (χ4v) is 3.86. The molecule has 0 aliphatic heterocycles. The van der Waals surface area contributed by atoms with E-state index in [1.807, 2.05) is 30.3 Å². The number of amides is 1. The third-order valence-corrected chi connectivity index (χ3v) is 5.42. The molecule has 26 heavy (non-hydrogen) atoms. The Labute approximate surface area is 159 Å². The van der Waals surface area contributed by atoms with Gasteiger partial charge in [0.05, 0.1) is 0 Å². The average Bonchev–Trinajstić information content (AvgIpc) is 3.27. The topological polar surface area (TPSA) is 107 Å². The molecule has 1 amide bonds. The molecule has 0 atom stereocenters. The fraction of sp³-hybridized carbons (Fsp3) is 0.353. The number of nitrogens with one attached hydrogen (secondary N) is 1. The van der Waals surface area contributed by atoms with Gasteiger partial charge < -0.3 is 11.1 Å². The number of nitrogen functional groups attached to an aromatic ring is 1. The highest BCUT2D eigenvalue weighted by molar-refractivity contribution is 7.15. The predicted molar refractivity (Wildman–Crippen MR) is 104 cm³/mol. The standard InChI is InChI=1S/C17H20N6OS2/c18-16-22-20-14(25-16)8-4-5-9-15-21-23-17(26-15)19-13(24)11-10-12-6-2-1-3-7-12/h1-3,6-7H,4-5,8-11H2,(H2,18,22)(H,19,23,24). The molecule has 0 saturated heterocycles. The van der Waals surface area contributed by atoms with Crippen LogP contribution in [-0.2, 0) is 24.1 Å². The van der Waals surface area contributed by atoms with Gasteiger partial charge in [-0.3, -0.25) is 4.79 Å². The zero-order valence-electron chi connectivity index (χ0n) is 14.2. The zero-order chi connectivity index (χ0) is 18.2.